The quantitative estimate of drug-likeness (QED) is 0.432. The first-order valence-electron chi connectivity index (χ1n) is 4.97. The lowest BCUT2D eigenvalue weighted by Gasteiger charge is -2.17. The molecule has 0 amide bonds. The zero-order valence-electron chi connectivity index (χ0n) is 9.93. The molecule has 18 heavy (non-hydrogen) atoms. The fourth-order valence-corrected chi connectivity index (χ4v) is 1.47. The van der Waals surface area contributed by atoms with Crippen LogP contribution in [-0.2, 0) is 8.59 Å². The van der Waals surface area contributed by atoms with Gasteiger partial charge in [0.05, 0.1) is 5.41 Å². The fraction of sp³-hybridized carbons (Fsp3) is 0.455. The van der Waals surface area contributed by atoms with Crippen LogP contribution >= 0.6 is 46.4 Å². The van der Waals surface area contributed by atoms with Gasteiger partial charge in [0.25, 0.3) is 0 Å². The molecule has 0 N–H and O–H groups in total. The molecule has 0 saturated carbocycles. The molecule has 0 radical (unpaired) electrons. The highest BCUT2D eigenvalue weighted by Gasteiger charge is 2.27. The zero-order valence-corrected chi connectivity index (χ0v) is 13.0. The van der Waals surface area contributed by atoms with Crippen LogP contribution in [0.3, 0.4) is 0 Å². The third kappa shape index (κ3) is 4.47. The van der Waals surface area contributed by atoms with Gasteiger partial charge in [0.1, 0.15) is 5.15 Å². The Labute approximate surface area is 125 Å². The molecule has 0 aliphatic rings. The predicted octanol–water partition coefficient (Wildman–Crippen LogP) is 4.51. The topological polar surface area (TPSA) is 39.2 Å². The smallest absolute Gasteiger partial charge is 0.317 e. The van der Waals surface area contributed by atoms with Crippen LogP contribution in [0.5, 0.6) is 5.88 Å². The molecule has 7 heteroatoms. The van der Waals surface area contributed by atoms with Crippen molar-refractivity contribution >= 4 is 52.4 Å². The standard InChI is InChI=1S/C11H11Cl4NO2/c1-10(2,3)9(17)18-8-5-6(11(13,14)15)4-7(12)16-8/h4-5H,1-3H3. The highest BCUT2D eigenvalue weighted by Crippen LogP contribution is 2.40. The molecule has 1 rings (SSSR count). The second kappa shape index (κ2) is 5.41. The predicted molar refractivity (Wildman–Crippen MR) is 73.6 cm³/mol. The molecule has 0 fully saturated rings. The van der Waals surface area contributed by atoms with E-state index in [1.54, 1.807) is 20.8 Å². The molecule has 0 unspecified atom stereocenters. The molecule has 0 atom stereocenters. The number of alkyl halides is 3. The van der Waals surface area contributed by atoms with E-state index in [4.69, 9.17) is 51.1 Å². The first-order valence-corrected chi connectivity index (χ1v) is 6.48. The van der Waals surface area contributed by atoms with Crippen molar-refractivity contribution in [2.45, 2.75) is 24.6 Å². The van der Waals surface area contributed by atoms with E-state index in [2.05, 4.69) is 4.98 Å². The number of aromatic nitrogens is 1. The van der Waals surface area contributed by atoms with E-state index in [0.29, 0.717) is 0 Å². The third-order valence-electron chi connectivity index (χ3n) is 1.91. The van der Waals surface area contributed by atoms with Crippen molar-refractivity contribution in [3.05, 3.63) is 22.8 Å². The van der Waals surface area contributed by atoms with Gasteiger partial charge < -0.3 is 4.74 Å². The van der Waals surface area contributed by atoms with Crippen LogP contribution in [0.4, 0.5) is 0 Å². The van der Waals surface area contributed by atoms with E-state index in [1.165, 1.54) is 12.1 Å². The number of ether oxygens (including phenoxy) is 1. The average molecular weight is 331 g/mol. The summed E-state index contributed by atoms with van der Waals surface area (Å²) in [6, 6.07) is 2.76. The number of halogens is 4. The molecule has 0 aliphatic carbocycles. The van der Waals surface area contributed by atoms with Gasteiger partial charge in [-0.3, -0.25) is 4.79 Å². The fourth-order valence-electron chi connectivity index (χ4n) is 0.937. The summed E-state index contributed by atoms with van der Waals surface area (Å²) in [4.78, 5) is 15.5. The van der Waals surface area contributed by atoms with Crippen LogP contribution in [0.2, 0.25) is 5.15 Å². The normalized spacial score (nSPS) is 12.4. The van der Waals surface area contributed by atoms with Crippen molar-refractivity contribution in [1.82, 2.24) is 4.98 Å². The Kier molecular flexibility index (Phi) is 4.76. The van der Waals surface area contributed by atoms with Crippen molar-refractivity contribution in [3.63, 3.8) is 0 Å². The van der Waals surface area contributed by atoms with E-state index < -0.39 is 15.2 Å². The largest absolute Gasteiger partial charge is 0.407 e. The molecular weight excluding hydrogens is 320 g/mol. The summed E-state index contributed by atoms with van der Waals surface area (Å²) < 4.78 is 3.43. The van der Waals surface area contributed by atoms with Gasteiger partial charge in [-0.15, -0.1) is 0 Å². The molecule has 0 bridgehead atoms. The number of esters is 1. The molecule has 1 aromatic heterocycles. The summed E-state index contributed by atoms with van der Waals surface area (Å²) in [5.74, 6) is -0.448. The SMILES string of the molecule is CC(C)(C)C(=O)Oc1cc(C(Cl)(Cl)Cl)cc(Cl)n1. The van der Waals surface area contributed by atoms with Crippen molar-refractivity contribution < 1.29 is 9.53 Å². The first-order chi connectivity index (χ1) is 8.00. The number of hydrogen-bond donors (Lipinski definition) is 0. The average Bonchev–Trinajstić information content (AvgIpc) is 2.13. The van der Waals surface area contributed by atoms with Gasteiger partial charge in [-0.25, -0.2) is 4.98 Å². The van der Waals surface area contributed by atoms with Gasteiger partial charge in [-0.2, -0.15) is 0 Å². The molecule has 3 nitrogen and oxygen atoms in total. The number of rotatable bonds is 1. The maximum atomic E-state index is 11.7. The third-order valence-corrected chi connectivity index (χ3v) is 2.76. The van der Waals surface area contributed by atoms with Crippen LogP contribution in [-0.4, -0.2) is 11.0 Å². The Hall–Kier alpha value is -0.220. The van der Waals surface area contributed by atoms with Gasteiger partial charge in [0.15, 0.2) is 0 Å². The monoisotopic (exact) mass is 329 g/mol. The highest BCUT2D eigenvalue weighted by molar-refractivity contribution is 6.66. The van der Waals surface area contributed by atoms with Crippen molar-refractivity contribution in [2.75, 3.05) is 0 Å². The lowest BCUT2D eigenvalue weighted by molar-refractivity contribution is -0.143. The number of carbonyl (C=O) groups is 1. The maximum Gasteiger partial charge on any atom is 0.317 e. The Morgan fingerprint density at radius 2 is 1.78 bits per heavy atom. The van der Waals surface area contributed by atoms with E-state index >= 15 is 0 Å². The summed E-state index contributed by atoms with van der Waals surface area (Å²) in [5.41, 5.74) is -0.381. The van der Waals surface area contributed by atoms with Crippen LogP contribution in [0.15, 0.2) is 12.1 Å². The molecular formula is C11H11Cl4NO2. The lowest BCUT2D eigenvalue weighted by Crippen LogP contribution is -2.26. The Morgan fingerprint density at radius 1 is 1.22 bits per heavy atom. The molecule has 0 saturated heterocycles. The van der Waals surface area contributed by atoms with Gasteiger partial charge in [0, 0.05) is 11.6 Å². The summed E-state index contributed by atoms with van der Waals surface area (Å²) >= 11 is 23.0. The first kappa shape index (κ1) is 15.8. The number of nitrogens with zero attached hydrogens (tertiary/aromatic N) is 1. The maximum absolute atomic E-state index is 11.7. The highest BCUT2D eigenvalue weighted by atomic mass is 35.6. The number of hydrogen-bond acceptors (Lipinski definition) is 3. The molecule has 0 aliphatic heterocycles. The number of pyridine rings is 1. The molecule has 1 heterocycles. The second-order valence-corrected chi connectivity index (χ2v) is 7.32. The summed E-state index contributed by atoms with van der Waals surface area (Å²) in [6.07, 6.45) is 0. The van der Waals surface area contributed by atoms with Crippen LogP contribution in [0.25, 0.3) is 0 Å². The van der Waals surface area contributed by atoms with Crippen molar-refractivity contribution in [1.29, 1.82) is 0 Å². The van der Waals surface area contributed by atoms with Crippen LogP contribution in [0.1, 0.15) is 26.3 Å². The van der Waals surface area contributed by atoms with Crippen LogP contribution < -0.4 is 4.74 Å². The van der Waals surface area contributed by atoms with E-state index in [9.17, 15) is 4.79 Å². The summed E-state index contributed by atoms with van der Waals surface area (Å²) in [6.45, 7) is 5.15. The van der Waals surface area contributed by atoms with Crippen molar-refractivity contribution in [3.8, 4) is 5.88 Å². The summed E-state index contributed by atoms with van der Waals surface area (Å²) in [7, 11) is 0. The Balaban J connectivity index is 3.05. The van der Waals surface area contributed by atoms with E-state index in [0.717, 1.165) is 0 Å². The van der Waals surface area contributed by atoms with Crippen molar-refractivity contribution in [2.24, 2.45) is 5.41 Å². The molecule has 1 aromatic rings. The number of carbonyl (C=O) groups excluding carboxylic acids is 1. The van der Waals surface area contributed by atoms with Crippen LogP contribution in [0, 0.1) is 5.41 Å². The lowest BCUT2D eigenvalue weighted by atomic mass is 9.97. The zero-order chi connectivity index (χ0) is 14.1. The molecule has 0 aromatic carbocycles. The van der Waals surface area contributed by atoms with E-state index in [1.807, 2.05) is 0 Å². The Bertz CT molecular complexity index is 463. The summed E-state index contributed by atoms with van der Waals surface area (Å²) in [5, 5.41) is 0.0792. The van der Waals surface area contributed by atoms with Gasteiger partial charge in [-0.1, -0.05) is 46.4 Å². The molecule has 100 valence electrons. The van der Waals surface area contributed by atoms with Gasteiger partial charge >= 0.3 is 5.97 Å². The second-order valence-electron chi connectivity index (χ2n) is 4.65. The molecule has 0 spiro atoms. The minimum absolute atomic E-state index is 0.00347. The van der Waals surface area contributed by atoms with Gasteiger partial charge in [-0.05, 0) is 26.8 Å². The minimum Gasteiger partial charge on any atom is -0.407 e. The van der Waals surface area contributed by atoms with E-state index in [-0.39, 0.29) is 16.6 Å². The minimum atomic E-state index is -1.66. The Morgan fingerprint density at radius 3 is 2.22 bits per heavy atom. The van der Waals surface area contributed by atoms with Gasteiger partial charge in [0.2, 0.25) is 9.67 Å².